The number of aromatic nitrogens is 5. The van der Waals surface area contributed by atoms with Gasteiger partial charge in [0.2, 0.25) is 0 Å². The number of ketones is 1. The average Bonchev–Trinajstić information content (AvgIpc) is 3.43. The third-order valence-corrected chi connectivity index (χ3v) is 6.50. The first-order valence-electron chi connectivity index (χ1n) is 10.3. The lowest BCUT2D eigenvalue weighted by molar-refractivity contribution is -0.380. The van der Waals surface area contributed by atoms with Gasteiger partial charge in [-0.2, -0.15) is 0 Å². The Balaban J connectivity index is 1.33. The van der Waals surface area contributed by atoms with Crippen LogP contribution in [0.3, 0.4) is 0 Å². The van der Waals surface area contributed by atoms with Crippen LogP contribution in [-0.2, 0) is 4.79 Å². The number of nitrogens with zero attached hydrogens (tertiary/aromatic N) is 8. The number of anilines is 1. The van der Waals surface area contributed by atoms with E-state index < -0.39 is 11.2 Å². The Bertz CT molecular complexity index is 1330. The van der Waals surface area contributed by atoms with Gasteiger partial charge in [-0.25, -0.2) is 9.97 Å². The maximum absolute atomic E-state index is 11.9. The fourth-order valence-corrected chi connectivity index (χ4v) is 4.72. The molecule has 0 bridgehead atoms. The molecule has 0 spiro atoms. The second-order valence-corrected chi connectivity index (χ2v) is 8.71. The highest BCUT2D eigenvalue weighted by Gasteiger charge is 2.29. The Labute approximate surface area is 191 Å². The van der Waals surface area contributed by atoms with Crippen LogP contribution in [0.5, 0.6) is 0 Å². The molecule has 1 aliphatic rings. The monoisotopic (exact) mass is 468 g/mol. The molecule has 13 heteroatoms. The van der Waals surface area contributed by atoms with Crippen molar-refractivity contribution in [1.29, 1.82) is 0 Å². The summed E-state index contributed by atoms with van der Waals surface area (Å²) >= 11 is 1.04. The van der Waals surface area contributed by atoms with Gasteiger partial charge >= 0.3 is 5.00 Å². The molecule has 0 radical (unpaired) electrons. The molecule has 170 valence electrons. The van der Waals surface area contributed by atoms with Gasteiger partial charge in [-0.1, -0.05) is 17.0 Å². The first-order valence-corrected chi connectivity index (χ1v) is 11.2. The van der Waals surface area contributed by atoms with Crippen LogP contribution < -0.4 is 9.74 Å². The van der Waals surface area contributed by atoms with Crippen molar-refractivity contribution in [1.82, 2.24) is 30.0 Å². The van der Waals surface area contributed by atoms with E-state index >= 15 is 0 Å². The van der Waals surface area contributed by atoms with Crippen molar-refractivity contribution in [3.05, 3.63) is 46.8 Å². The highest BCUT2D eigenvalue weighted by molar-refractivity contribution is 7.21. The van der Waals surface area contributed by atoms with Gasteiger partial charge < -0.3 is 9.74 Å². The largest absolute Gasteiger partial charge is 0.375 e. The Morgan fingerprint density at radius 2 is 2.03 bits per heavy atom. The number of hydrogen-bond acceptors (Lipinski definition) is 11. The molecule has 1 aliphatic heterocycles. The van der Waals surface area contributed by atoms with E-state index in [4.69, 9.17) is 4.84 Å². The van der Waals surface area contributed by atoms with Crippen LogP contribution in [0.4, 0.5) is 10.8 Å². The van der Waals surface area contributed by atoms with E-state index in [-0.39, 0.29) is 17.2 Å². The lowest BCUT2D eigenvalue weighted by Crippen LogP contribution is -2.54. The number of carbonyl (C=O) groups excluding carboxylic acids is 1. The van der Waals surface area contributed by atoms with Crippen LogP contribution in [0, 0.1) is 10.1 Å². The van der Waals surface area contributed by atoms with Crippen molar-refractivity contribution in [2.75, 3.05) is 31.1 Å². The molecule has 0 amide bonds. The van der Waals surface area contributed by atoms with Crippen LogP contribution in [0.1, 0.15) is 13.3 Å². The van der Waals surface area contributed by atoms with E-state index in [1.807, 2.05) is 24.3 Å². The van der Waals surface area contributed by atoms with Gasteiger partial charge in [-0.3, -0.25) is 19.8 Å². The van der Waals surface area contributed by atoms with Crippen LogP contribution in [0.25, 0.3) is 21.3 Å². The molecule has 1 unspecified atom stereocenters. The number of rotatable bonds is 7. The van der Waals surface area contributed by atoms with Crippen molar-refractivity contribution in [2.24, 2.45) is 0 Å². The van der Waals surface area contributed by atoms with E-state index in [2.05, 4.69) is 30.1 Å². The Hall–Kier alpha value is -3.71. The van der Waals surface area contributed by atoms with Gasteiger partial charge in [0.05, 0.1) is 16.7 Å². The Morgan fingerprint density at radius 1 is 1.24 bits per heavy atom. The molecule has 5 rings (SSSR count). The molecule has 0 N–H and O–H groups in total. The van der Waals surface area contributed by atoms with Crippen LogP contribution in [-0.4, -0.2) is 73.1 Å². The molecule has 33 heavy (non-hydrogen) atoms. The third-order valence-electron chi connectivity index (χ3n) is 5.50. The number of carbonyl (C=O) groups is 1. The topological polar surface area (TPSA) is 132 Å². The first-order chi connectivity index (χ1) is 16.0. The van der Waals surface area contributed by atoms with Crippen LogP contribution in [0.15, 0.2) is 36.7 Å². The fraction of sp³-hybridized carbons (Fsp3) is 0.350. The highest BCUT2D eigenvalue weighted by Crippen LogP contribution is 2.34. The number of Topliss-reactive ketones (excluding diaryl/α,β-unsaturated/α-hetero) is 1. The molecule has 0 saturated carbocycles. The minimum atomic E-state index is -0.498. The standard InChI is InChI=1S/C20H20N8O4S/c1-13(29)10-17(32-27-16-5-3-2-4-15(16)23-24-27)25-6-8-26(9-7-25)19-14-11-18(28(30)31)33-20(14)22-12-21-19/h2-5,11-12,17H,6-10H2,1H3. The molecular weight excluding hydrogens is 448 g/mol. The van der Waals surface area contributed by atoms with Crippen molar-refractivity contribution in [2.45, 2.75) is 19.6 Å². The molecule has 12 nitrogen and oxygen atoms in total. The predicted octanol–water partition coefficient (Wildman–Crippen LogP) is 1.90. The first kappa shape index (κ1) is 21.2. The van der Waals surface area contributed by atoms with E-state index in [1.54, 1.807) is 0 Å². The minimum Gasteiger partial charge on any atom is -0.375 e. The zero-order valence-corrected chi connectivity index (χ0v) is 18.5. The Kier molecular flexibility index (Phi) is 5.56. The molecule has 0 aliphatic carbocycles. The summed E-state index contributed by atoms with van der Waals surface area (Å²) in [4.78, 5) is 43.5. The second kappa shape index (κ2) is 8.67. The second-order valence-electron chi connectivity index (χ2n) is 7.70. The lowest BCUT2D eigenvalue weighted by atomic mass is 10.2. The summed E-state index contributed by atoms with van der Waals surface area (Å²) < 4.78 is 0. The predicted molar refractivity (Wildman–Crippen MR) is 121 cm³/mol. The van der Waals surface area contributed by atoms with Gasteiger partial charge in [0, 0.05) is 32.2 Å². The van der Waals surface area contributed by atoms with Crippen molar-refractivity contribution >= 4 is 49.2 Å². The zero-order valence-electron chi connectivity index (χ0n) is 17.7. The molecule has 3 aromatic heterocycles. The molecule has 1 fully saturated rings. The van der Waals surface area contributed by atoms with Gasteiger partial charge in [0.15, 0.2) is 6.23 Å². The van der Waals surface area contributed by atoms with E-state index in [0.29, 0.717) is 47.7 Å². The summed E-state index contributed by atoms with van der Waals surface area (Å²) in [5.41, 5.74) is 1.44. The summed E-state index contributed by atoms with van der Waals surface area (Å²) in [7, 11) is 0. The van der Waals surface area contributed by atoms with Gasteiger partial charge in [0.1, 0.15) is 33.8 Å². The summed E-state index contributed by atoms with van der Waals surface area (Å²) in [6.07, 6.45) is 1.15. The molecule has 4 heterocycles. The summed E-state index contributed by atoms with van der Waals surface area (Å²) in [6, 6.07) is 8.98. The number of hydrogen-bond donors (Lipinski definition) is 0. The number of para-hydroxylation sites is 1. The van der Waals surface area contributed by atoms with Crippen molar-refractivity contribution < 1.29 is 14.6 Å². The number of nitro groups is 1. The number of benzene rings is 1. The maximum Gasteiger partial charge on any atom is 0.326 e. The number of piperazine rings is 1. The zero-order chi connectivity index (χ0) is 22.9. The number of fused-ring (bicyclic) bond motifs is 2. The van der Waals surface area contributed by atoms with E-state index in [0.717, 1.165) is 16.9 Å². The average molecular weight is 468 g/mol. The molecular formula is C20H20N8O4S. The Morgan fingerprint density at radius 3 is 2.79 bits per heavy atom. The number of thiophene rings is 1. The summed E-state index contributed by atoms with van der Waals surface area (Å²) in [5, 5.41) is 20.1. The molecule has 4 aromatic rings. The highest BCUT2D eigenvalue weighted by atomic mass is 32.1. The smallest absolute Gasteiger partial charge is 0.326 e. The lowest BCUT2D eigenvalue weighted by Gasteiger charge is -2.38. The molecule has 1 saturated heterocycles. The van der Waals surface area contributed by atoms with Crippen molar-refractivity contribution in [3.8, 4) is 0 Å². The van der Waals surface area contributed by atoms with Crippen LogP contribution >= 0.6 is 11.3 Å². The summed E-state index contributed by atoms with van der Waals surface area (Å²) in [5.74, 6) is 0.685. The summed E-state index contributed by atoms with van der Waals surface area (Å²) in [6.45, 7) is 4.00. The van der Waals surface area contributed by atoms with E-state index in [1.165, 1.54) is 24.2 Å². The van der Waals surface area contributed by atoms with Gasteiger partial charge in [-0.05, 0) is 35.6 Å². The van der Waals surface area contributed by atoms with E-state index in [9.17, 15) is 14.9 Å². The van der Waals surface area contributed by atoms with Gasteiger partial charge in [0.25, 0.3) is 0 Å². The van der Waals surface area contributed by atoms with Gasteiger partial charge in [-0.15, -0.1) is 5.10 Å². The maximum atomic E-state index is 11.9. The van der Waals surface area contributed by atoms with Crippen LogP contribution in [0.2, 0.25) is 0 Å². The third kappa shape index (κ3) is 4.19. The normalized spacial score (nSPS) is 15.7. The fourth-order valence-electron chi connectivity index (χ4n) is 3.91. The van der Waals surface area contributed by atoms with Crippen molar-refractivity contribution in [3.63, 3.8) is 0 Å². The molecule has 1 aromatic carbocycles. The SMILES string of the molecule is CC(=O)CC(On1nnc2ccccc21)N1CCN(c2ncnc3sc([N+](=O)[O-])cc23)CC1. The minimum absolute atomic E-state index is 0.00921. The molecule has 1 atom stereocenters. The quantitative estimate of drug-likeness (QED) is 0.292.